The van der Waals surface area contributed by atoms with E-state index in [1.54, 1.807) is 0 Å². The van der Waals surface area contributed by atoms with Crippen LogP contribution >= 0.6 is 0 Å². The lowest BCUT2D eigenvalue weighted by atomic mass is 9.64. The van der Waals surface area contributed by atoms with Gasteiger partial charge in [-0.1, -0.05) is 78.9 Å². The maximum atomic E-state index is 14.1. The van der Waals surface area contributed by atoms with Crippen LogP contribution in [0.4, 0.5) is 5.69 Å². The Hall–Kier alpha value is -4.51. The first kappa shape index (κ1) is 22.7. The van der Waals surface area contributed by atoms with Crippen molar-refractivity contribution in [1.82, 2.24) is 0 Å². The van der Waals surface area contributed by atoms with E-state index in [1.165, 1.54) is 4.90 Å². The number of rotatable bonds is 2. The first-order valence-corrected chi connectivity index (χ1v) is 12.9. The van der Waals surface area contributed by atoms with Gasteiger partial charge in [0.15, 0.2) is 0 Å². The van der Waals surface area contributed by atoms with Crippen molar-refractivity contribution in [3.8, 4) is 5.75 Å². The Balaban J connectivity index is 1.44. The zero-order chi connectivity index (χ0) is 26.1. The fraction of sp³-hybridized carbons (Fsp3) is 0.182. The lowest BCUT2D eigenvalue weighted by Gasteiger charge is -2.38. The molecular weight excluding hydrogens is 474 g/mol. The number of esters is 1. The Labute approximate surface area is 220 Å². The van der Waals surface area contributed by atoms with Crippen LogP contribution in [0, 0.1) is 31.6 Å². The number of imide groups is 1. The molecule has 0 radical (unpaired) electrons. The lowest BCUT2D eigenvalue weighted by Crippen LogP contribution is -2.42. The van der Waals surface area contributed by atoms with E-state index in [1.807, 2.05) is 105 Å². The van der Waals surface area contributed by atoms with Crippen LogP contribution in [0.1, 0.15) is 28.2 Å². The first-order valence-electron chi connectivity index (χ1n) is 12.9. The molecule has 2 heterocycles. The predicted molar refractivity (Wildman–Crippen MR) is 146 cm³/mol. The van der Waals surface area contributed by atoms with Crippen molar-refractivity contribution in [3.63, 3.8) is 0 Å². The van der Waals surface area contributed by atoms with Crippen molar-refractivity contribution in [2.45, 2.75) is 19.8 Å². The number of anilines is 1. The molecule has 2 amide bonds. The second-order valence-electron chi connectivity index (χ2n) is 10.5. The molecule has 5 heteroatoms. The third-order valence-corrected chi connectivity index (χ3v) is 8.42. The van der Waals surface area contributed by atoms with Gasteiger partial charge < -0.3 is 4.74 Å². The van der Waals surface area contributed by atoms with Crippen LogP contribution in [0.3, 0.4) is 0 Å². The van der Waals surface area contributed by atoms with Crippen LogP contribution in [0.5, 0.6) is 5.75 Å². The molecule has 4 aromatic carbocycles. The van der Waals surface area contributed by atoms with Crippen LogP contribution < -0.4 is 9.64 Å². The van der Waals surface area contributed by atoms with E-state index in [2.05, 4.69) is 0 Å². The Bertz CT molecular complexity index is 1700. The monoisotopic (exact) mass is 499 g/mol. The minimum absolute atomic E-state index is 0.274. The number of amides is 2. The van der Waals surface area contributed by atoms with Crippen molar-refractivity contribution in [2.24, 2.45) is 17.8 Å². The maximum absolute atomic E-state index is 14.1. The van der Waals surface area contributed by atoms with Gasteiger partial charge in [-0.05, 0) is 53.6 Å². The highest BCUT2D eigenvalue weighted by molar-refractivity contribution is 6.24. The van der Waals surface area contributed by atoms with E-state index in [9.17, 15) is 14.4 Å². The van der Waals surface area contributed by atoms with E-state index in [0.717, 1.165) is 38.6 Å². The zero-order valence-electron chi connectivity index (χ0n) is 21.0. The van der Waals surface area contributed by atoms with E-state index in [0.29, 0.717) is 11.4 Å². The highest BCUT2D eigenvalue weighted by Gasteiger charge is 2.60. The summed E-state index contributed by atoms with van der Waals surface area (Å²) in [5, 5.41) is 1.82. The molecule has 186 valence electrons. The van der Waals surface area contributed by atoms with E-state index in [-0.39, 0.29) is 17.7 Å². The van der Waals surface area contributed by atoms with Gasteiger partial charge in [-0.3, -0.25) is 14.4 Å². The molecule has 0 unspecified atom stereocenters. The average Bonchev–Trinajstić information content (AvgIpc) is 3.20. The van der Waals surface area contributed by atoms with Gasteiger partial charge in [-0.15, -0.1) is 0 Å². The van der Waals surface area contributed by atoms with Crippen LogP contribution in [-0.2, 0) is 14.4 Å². The van der Waals surface area contributed by atoms with Gasteiger partial charge in [0.1, 0.15) is 5.75 Å². The molecule has 0 saturated carbocycles. The highest BCUT2D eigenvalue weighted by atomic mass is 16.5. The third-order valence-electron chi connectivity index (χ3n) is 8.42. The summed E-state index contributed by atoms with van der Waals surface area (Å²) in [4.78, 5) is 43.1. The Kier molecular flexibility index (Phi) is 4.92. The number of ether oxygens (including phenoxy) is 1. The molecule has 2 aliphatic heterocycles. The Morgan fingerprint density at radius 3 is 2.26 bits per heavy atom. The first-order chi connectivity index (χ1) is 18.4. The largest absolute Gasteiger partial charge is 0.425 e. The van der Waals surface area contributed by atoms with E-state index >= 15 is 0 Å². The molecule has 0 aromatic heterocycles. The van der Waals surface area contributed by atoms with Crippen LogP contribution in [0.25, 0.3) is 16.3 Å². The molecule has 0 N–H and O–H groups in total. The molecule has 7 rings (SSSR count). The molecule has 1 saturated heterocycles. The van der Waals surface area contributed by atoms with Crippen LogP contribution in [0.2, 0.25) is 0 Å². The molecule has 1 fully saturated rings. The Morgan fingerprint density at radius 1 is 0.737 bits per heavy atom. The Morgan fingerprint density at radius 2 is 1.47 bits per heavy atom. The smallest absolute Gasteiger partial charge is 0.319 e. The van der Waals surface area contributed by atoms with Gasteiger partial charge in [0.05, 0.1) is 23.4 Å². The number of hydrogen-bond donors (Lipinski definition) is 0. The molecule has 1 aliphatic carbocycles. The van der Waals surface area contributed by atoms with Crippen molar-refractivity contribution in [3.05, 3.63) is 113 Å². The topological polar surface area (TPSA) is 63.7 Å². The van der Waals surface area contributed by atoms with Crippen molar-refractivity contribution >= 4 is 39.8 Å². The fourth-order valence-electron chi connectivity index (χ4n) is 6.41. The number of allylic oxidation sites excluding steroid dienone is 1. The van der Waals surface area contributed by atoms with Gasteiger partial charge in [0.2, 0.25) is 11.8 Å². The summed E-state index contributed by atoms with van der Waals surface area (Å²) in [6.45, 7) is 3.95. The minimum atomic E-state index is -0.846. The number of benzene rings is 4. The minimum Gasteiger partial charge on any atom is -0.425 e. The van der Waals surface area contributed by atoms with Gasteiger partial charge in [-0.25, -0.2) is 4.90 Å². The number of nitrogens with zero attached hydrogens (tertiary/aromatic N) is 1. The molecule has 4 aromatic rings. The van der Waals surface area contributed by atoms with Gasteiger partial charge in [0, 0.05) is 16.9 Å². The van der Waals surface area contributed by atoms with Gasteiger partial charge >= 0.3 is 5.97 Å². The molecule has 0 spiro atoms. The second-order valence-corrected chi connectivity index (χ2v) is 10.5. The fourth-order valence-corrected chi connectivity index (χ4v) is 6.41. The quantitative estimate of drug-likeness (QED) is 0.193. The predicted octanol–water partition coefficient (Wildman–Crippen LogP) is 5.98. The third kappa shape index (κ3) is 3.14. The average molecular weight is 500 g/mol. The molecule has 3 aliphatic rings. The summed E-state index contributed by atoms with van der Waals surface area (Å²) in [7, 11) is 0. The molecule has 38 heavy (non-hydrogen) atoms. The van der Waals surface area contributed by atoms with Crippen LogP contribution in [0.15, 0.2) is 91.0 Å². The highest BCUT2D eigenvalue weighted by Crippen LogP contribution is 2.55. The SMILES string of the molecule is Cc1ccc(N2C(=O)[C@@H]3[C@@H]4C(=O)Oc5c(ccc6ccccc56)C4=C[C@@H](c4ccccc4)[C@@H]3C2=O)cc1C. The standard InChI is InChI=1S/C33H25NO4/c1-18-12-14-22(16-19(18)2)34-31(35)27-25(20-8-4-3-5-9-20)17-26-24-15-13-21-10-6-7-11-23(21)30(24)38-33(37)28(26)29(27)32(34)36/h3-17,25,27-29H,1-2H3/t25-,27-,28+,29-/m0/s1. The van der Waals surface area contributed by atoms with Crippen molar-refractivity contribution < 1.29 is 19.1 Å². The zero-order valence-corrected chi connectivity index (χ0v) is 21.0. The number of fused-ring (bicyclic) bond motifs is 7. The van der Waals surface area contributed by atoms with Gasteiger partial charge in [0.25, 0.3) is 0 Å². The van der Waals surface area contributed by atoms with E-state index in [4.69, 9.17) is 4.74 Å². The van der Waals surface area contributed by atoms with Gasteiger partial charge in [-0.2, -0.15) is 0 Å². The summed E-state index contributed by atoms with van der Waals surface area (Å²) < 4.78 is 5.96. The molecule has 0 bridgehead atoms. The number of carbonyl (C=O) groups is 3. The number of aryl methyl sites for hydroxylation is 2. The van der Waals surface area contributed by atoms with Crippen LogP contribution in [-0.4, -0.2) is 17.8 Å². The second kappa shape index (κ2) is 8.25. The summed E-state index contributed by atoms with van der Waals surface area (Å²) in [6, 6.07) is 27.1. The van der Waals surface area contributed by atoms with E-state index < -0.39 is 23.7 Å². The number of hydrogen-bond acceptors (Lipinski definition) is 4. The number of carbonyl (C=O) groups excluding carboxylic acids is 3. The van der Waals surface area contributed by atoms with Crippen molar-refractivity contribution in [2.75, 3.05) is 4.90 Å². The summed E-state index contributed by atoms with van der Waals surface area (Å²) in [5.74, 6) is -3.33. The summed E-state index contributed by atoms with van der Waals surface area (Å²) >= 11 is 0. The lowest BCUT2D eigenvalue weighted by molar-refractivity contribution is -0.142. The normalized spacial score (nSPS) is 24.0. The summed E-state index contributed by atoms with van der Waals surface area (Å²) in [5.41, 5.74) is 5.13. The maximum Gasteiger partial charge on any atom is 0.319 e. The molecular formula is C33H25NO4. The molecule has 4 atom stereocenters. The van der Waals surface area contributed by atoms with Crippen molar-refractivity contribution in [1.29, 1.82) is 0 Å². The summed E-state index contributed by atoms with van der Waals surface area (Å²) in [6.07, 6.45) is 2.03. The molecule has 5 nitrogen and oxygen atoms in total.